The van der Waals surface area contributed by atoms with Gasteiger partial charge in [-0.1, -0.05) is 0 Å². The predicted molar refractivity (Wildman–Crippen MR) is 63.8 cm³/mol. The molecule has 0 spiro atoms. The summed E-state index contributed by atoms with van der Waals surface area (Å²) in [5, 5.41) is 2.56. The average Bonchev–Trinajstić information content (AvgIpc) is 2.22. The lowest BCUT2D eigenvalue weighted by Crippen LogP contribution is -2.35. The maximum atomic E-state index is 11.5. The van der Waals surface area contributed by atoms with E-state index >= 15 is 0 Å². The second-order valence-corrected chi connectivity index (χ2v) is 7.51. The van der Waals surface area contributed by atoms with Gasteiger partial charge in [-0.05, 0) is 24.8 Å². The summed E-state index contributed by atoms with van der Waals surface area (Å²) in [6.07, 6.45) is 0.531. The molecule has 0 aromatic heterocycles. The molecule has 0 aliphatic rings. The number of nitrogens with two attached hydrogens (primary N) is 1. The molecule has 2 unspecified atom stereocenters. The lowest BCUT2D eigenvalue weighted by Gasteiger charge is -2.10. The van der Waals surface area contributed by atoms with Crippen molar-refractivity contribution in [2.45, 2.75) is 19.0 Å². The number of likely N-dealkylation sites (N-methyl/N-ethyl adjacent to an activating group) is 1. The van der Waals surface area contributed by atoms with E-state index in [1.54, 1.807) is 0 Å². The lowest BCUT2D eigenvalue weighted by molar-refractivity contribution is -0.117. The summed E-state index contributed by atoms with van der Waals surface area (Å²) in [4.78, 5) is 21.2. The van der Waals surface area contributed by atoms with Crippen molar-refractivity contribution in [3.63, 3.8) is 0 Å². The molecule has 0 saturated carbocycles. The average molecular weight is 268 g/mol. The van der Waals surface area contributed by atoms with Gasteiger partial charge in [0.15, 0.2) is 0 Å². The highest BCUT2D eigenvalue weighted by atomic mass is 33.1. The van der Waals surface area contributed by atoms with Gasteiger partial charge in [0.1, 0.15) is 12.1 Å². The molecule has 0 aliphatic carbocycles. The number of nitrogens with one attached hydrogen (secondary N) is 1. The molecule has 8 heteroatoms. The van der Waals surface area contributed by atoms with Crippen molar-refractivity contribution < 1.29 is 18.0 Å². The van der Waals surface area contributed by atoms with Crippen molar-refractivity contribution in [1.82, 2.24) is 5.32 Å². The van der Waals surface area contributed by atoms with E-state index in [9.17, 15) is 18.0 Å². The molecule has 3 N–H and O–H groups in total. The zero-order valence-corrected chi connectivity index (χ0v) is 10.8. The predicted octanol–water partition coefficient (Wildman–Crippen LogP) is -1.25. The first kappa shape index (κ1) is 15.6. The maximum absolute atomic E-state index is 11.5. The van der Waals surface area contributed by atoms with E-state index in [1.807, 2.05) is 0 Å². The molecule has 0 rings (SSSR count). The third-order valence-electron chi connectivity index (χ3n) is 1.87. The van der Waals surface area contributed by atoms with Gasteiger partial charge in [0.25, 0.3) is 0 Å². The topological polar surface area (TPSA) is 106 Å². The molecule has 0 bridgehead atoms. The summed E-state index contributed by atoms with van der Waals surface area (Å²) >= 11 is 0. The van der Waals surface area contributed by atoms with Crippen molar-refractivity contribution in [3.05, 3.63) is 0 Å². The second-order valence-electron chi connectivity index (χ2n) is 3.26. The number of aldehydes is 1. The van der Waals surface area contributed by atoms with Crippen LogP contribution < -0.4 is 11.1 Å². The van der Waals surface area contributed by atoms with Crippen molar-refractivity contribution >= 4 is 31.7 Å². The molecular formula is C8H16N2O4S2. The minimum Gasteiger partial charge on any atom is -0.321 e. The Morgan fingerprint density at radius 3 is 2.50 bits per heavy atom. The molecule has 0 fully saturated rings. The number of carbonyl (C=O) groups excluding carboxylic acids is 2. The highest BCUT2D eigenvalue weighted by Gasteiger charge is 2.20. The number of Topliss-reactive ketones (excluding diaryl/α,β-unsaturated/α-hetero) is 1. The van der Waals surface area contributed by atoms with Gasteiger partial charge in [-0.3, -0.25) is 4.79 Å². The summed E-state index contributed by atoms with van der Waals surface area (Å²) in [5.74, 6) is -0.557. The molecule has 0 saturated heterocycles. The maximum Gasteiger partial charge on any atom is 0.203 e. The Bertz CT molecular complexity index is 342. The highest BCUT2D eigenvalue weighted by Crippen LogP contribution is 2.14. The largest absolute Gasteiger partial charge is 0.321 e. The fraction of sp³-hybridized carbons (Fsp3) is 0.750. The van der Waals surface area contributed by atoms with Gasteiger partial charge in [-0.25, -0.2) is 8.42 Å². The van der Waals surface area contributed by atoms with Crippen molar-refractivity contribution in [2.75, 3.05) is 18.6 Å². The van der Waals surface area contributed by atoms with E-state index < -0.39 is 21.0 Å². The zero-order valence-electron chi connectivity index (χ0n) is 9.17. The van der Waals surface area contributed by atoms with E-state index in [-0.39, 0.29) is 17.3 Å². The van der Waals surface area contributed by atoms with E-state index in [4.69, 9.17) is 5.73 Å². The Morgan fingerprint density at radius 1 is 1.56 bits per heavy atom. The SMILES string of the molecule is CNC(C=O)CS(=O)(=O)SCC(N)C(C)=O. The van der Waals surface area contributed by atoms with E-state index in [0.717, 1.165) is 0 Å². The summed E-state index contributed by atoms with van der Waals surface area (Å²) in [6, 6.07) is -1.52. The molecular weight excluding hydrogens is 252 g/mol. The summed E-state index contributed by atoms with van der Waals surface area (Å²) in [6.45, 7) is 1.31. The summed E-state index contributed by atoms with van der Waals surface area (Å²) < 4.78 is 23.0. The number of rotatable bonds is 8. The molecule has 0 aromatic carbocycles. The van der Waals surface area contributed by atoms with Gasteiger partial charge in [0, 0.05) is 5.75 Å². The molecule has 0 aliphatic heterocycles. The summed E-state index contributed by atoms with van der Waals surface area (Å²) in [7, 11) is -1.34. The molecule has 94 valence electrons. The van der Waals surface area contributed by atoms with Crippen LogP contribution in [0.2, 0.25) is 0 Å². The smallest absolute Gasteiger partial charge is 0.203 e. The van der Waals surface area contributed by atoms with Crippen LogP contribution in [0, 0.1) is 0 Å². The summed E-state index contributed by atoms with van der Waals surface area (Å²) in [5.41, 5.74) is 5.40. The molecule has 16 heavy (non-hydrogen) atoms. The Labute approximate surface area is 98.7 Å². The van der Waals surface area contributed by atoms with Crippen molar-refractivity contribution in [3.8, 4) is 0 Å². The first-order chi connectivity index (χ1) is 7.32. The molecule has 2 atom stereocenters. The quantitative estimate of drug-likeness (QED) is 0.418. The van der Waals surface area contributed by atoms with Crippen LogP contribution in [0.1, 0.15) is 6.92 Å². The van der Waals surface area contributed by atoms with E-state index in [1.165, 1.54) is 14.0 Å². The van der Waals surface area contributed by atoms with Crippen LogP contribution in [0.15, 0.2) is 0 Å². The Morgan fingerprint density at radius 2 is 2.12 bits per heavy atom. The number of hydrogen-bond acceptors (Lipinski definition) is 7. The Hall–Kier alpha value is -0.440. The van der Waals surface area contributed by atoms with E-state index in [2.05, 4.69) is 5.32 Å². The van der Waals surface area contributed by atoms with Gasteiger partial charge in [-0.2, -0.15) is 0 Å². The van der Waals surface area contributed by atoms with Crippen molar-refractivity contribution in [2.24, 2.45) is 5.73 Å². The number of hydrogen-bond donors (Lipinski definition) is 2. The molecule has 6 nitrogen and oxygen atoms in total. The highest BCUT2D eigenvalue weighted by molar-refractivity contribution is 8.72. The Kier molecular flexibility index (Phi) is 6.81. The Balaban J connectivity index is 4.25. The van der Waals surface area contributed by atoms with Gasteiger partial charge >= 0.3 is 0 Å². The third kappa shape index (κ3) is 6.21. The minimum atomic E-state index is -3.44. The number of ketones is 1. The number of carbonyl (C=O) groups is 2. The van der Waals surface area contributed by atoms with Gasteiger partial charge in [0.05, 0.1) is 17.8 Å². The normalized spacial score (nSPS) is 15.4. The molecule has 0 radical (unpaired) electrons. The van der Waals surface area contributed by atoms with Crippen LogP contribution in [0.3, 0.4) is 0 Å². The van der Waals surface area contributed by atoms with Crippen LogP contribution >= 0.6 is 10.8 Å². The minimum absolute atomic E-state index is 0.00690. The van der Waals surface area contributed by atoms with Crippen LogP contribution in [0.4, 0.5) is 0 Å². The lowest BCUT2D eigenvalue weighted by atomic mass is 10.3. The molecule has 0 aromatic rings. The van der Waals surface area contributed by atoms with Crippen LogP contribution in [0.5, 0.6) is 0 Å². The van der Waals surface area contributed by atoms with Gasteiger partial charge in [-0.15, -0.1) is 0 Å². The second kappa shape index (κ2) is 7.00. The molecule has 0 heterocycles. The third-order valence-corrected chi connectivity index (χ3v) is 5.38. The fourth-order valence-corrected chi connectivity index (χ4v) is 3.91. The first-order valence-corrected chi connectivity index (χ1v) is 7.73. The molecule has 0 amide bonds. The standard InChI is InChI=1S/C8H16N2O4S2/c1-6(12)8(9)4-15-16(13,14)5-7(3-11)10-2/h3,7-8,10H,4-5,9H2,1-2H3. The van der Waals surface area contributed by atoms with E-state index in [0.29, 0.717) is 17.1 Å². The first-order valence-electron chi connectivity index (χ1n) is 4.58. The van der Waals surface area contributed by atoms with Crippen LogP contribution in [-0.4, -0.2) is 51.1 Å². The van der Waals surface area contributed by atoms with Crippen LogP contribution in [-0.2, 0) is 18.5 Å². The fourth-order valence-electron chi connectivity index (χ4n) is 0.753. The monoisotopic (exact) mass is 268 g/mol. The van der Waals surface area contributed by atoms with Crippen molar-refractivity contribution in [1.29, 1.82) is 0 Å². The van der Waals surface area contributed by atoms with Crippen LogP contribution in [0.25, 0.3) is 0 Å². The van der Waals surface area contributed by atoms with Gasteiger partial charge in [0.2, 0.25) is 8.87 Å². The zero-order chi connectivity index (χ0) is 12.8. The van der Waals surface area contributed by atoms with Gasteiger partial charge < -0.3 is 15.8 Å².